The van der Waals surface area contributed by atoms with Crippen molar-refractivity contribution in [1.29, 1.82) is 0 Å². The second kappa shape index (κ2) is 8.07. The number of ether oxygens (including phenoxy) is 2. The number of carbonyl (C=O) groups excluding carboxylic acids is 1. The number of anilines is 1. The molecule has 10 heteroatoms. The van der Waals surface area contributed by atoms with E-state index in [1.807, 2.05) is 12.1 Å². The Morgan fingerprint density at radius 3 is 2.59 bits per heavy atom. The quantitative estimate of drug-likeness (QED) is 0.449. The topological polar surface area (TPSA) is 137 Å². The summed E-state index contributed by atoms with van der Waals surface area (Å²) in [5.74, 6) is -0.492. The van der Waals surface area contributed by atoms with Gasteiger partial charge in [0.05, 0.1) is 13.6 Å². The van der Waals surface area contributed by atoms with Crippen molar-refractivity contribution in [3.8, 4) is 0 Å². The molecule has 1 aromatic carbocycles. The average molecular weight is 420 g/mol. The van der Waals surface area contributed by atoms with Crippen LogP contribution < -0.4 is 16.6 Å². The Kier molecular flexibility index (Phi) is 5.89. The molecule has 1 aromatic heterocycles. The van der Waals surface area contributed by atoms with Gasteiger partial charge in [0.1, 0.15) is 30.7 Å². The van der Waals surface area contributed by atoms with Crippen molar-refractivity contribution in [2.24, 2.45) is 0 Å². The SMILES string of the molecule is C[Si](C)(C)c1ccccc1C(=O)OC[C@H]1O[C@@H](n2ccc(N)nc2=O)[C@H](O)[C@@H]1O. The number of hydrogen-bond donors (Lipinski definition) is 3. The van der Waals surface area contributed by atoms with Gasteiger partial charge in [-0.2, -0.15) is 4.98 Å². The number of carbonyl (C=O) groups is 1. The van der Waals surface area contributed by atoms with Gasteiger partial charge < -0.3 is 25.4 Å². The van der Waals surface area contributed by atoms with Gasteiger partial charge in [0, 0.05) is 6.20 Å². The van der Waals surface area contributed by atoms with Crippen LogP contribution in [0.4, 0.5) is 5.82 Å². The Balaban J connectivity index is 1.72. The minimum absolute atomic E-state index is 0.0332. The fraction of sp³-hybridized carbons (Fsp3) is 0.421. The Hall–Kier alpha value is -2.53. The van der Waals surface area contributed by atoms with Crippen LogP contribution in [0.3, 0.4) is 0 Å². The van der Waals surface area contributed by atoms with Crippen LogP contribution in [0.15, 0.2) is 41.3 Å². The summed E-state index contributed by atoms with van der Waals surface area (Å²) in [5, 5.41) is 21.5. The molecule has 3 rings (SSSR count). The number of nitrogens with zero attached hydrogens (tertiary/aromatic N) is 2. The molecule has 9 nitrogen and oxygen atoms in total. The molecule has 0 radical (unpaired) electrons. The first kappa shape index (κ1) is 21.2. The third kappa shape index (κ3) is 4.40. The van der Waals surface area contributed by atoms with Gasteiger partial charge in [-0.15, -0.1) is 0 Å². The zero-order chi connectivity index (χ0) is 21.3. The van der Waals surface area contributed by atoms with Gasteiger partial charge in [-0.3, -0.25) is 4.57 Å². The van der Waals surface area contributed by atoms with Gasteiger partial charge in [-0.05, 0) is 17.3 Å². The highest BCUT2D eigenvalue weighted by Gasteiger charge is 2.44. The van der Waals surface area contributed by atoms with Crippen molar-refractivity contribution in [2.45, 2.75) is 44.2 Å². The number of nitrogen functional groups attached to an aromatic ring is 1. The summed E-state index contributed by atoms with van der Waals surface area (Å²) >= 11 is 0. The van der Waals surface area contributed by atoms with Crippen LogP contribution in [-0.2, 0) is 9.47 Å². The maximum Gasteiger partial charge on any atom is 0.351 e. The molecule has 0 unspecified atom stereocenters. The van der Waals surface area contributed by atoms with Crippen molar-refractivity contribution in [2.75, 3.05) is 12.3 Å². The highest BCUT2D eigenvalue weighted by atomic mass is 28.3. The van der Waals surface area contributed by atoms with E-state index in [0.29, 0.717) is 5.56 Å². The van der Waals surface area contributed by atoms with Crippen LogP contribution in [0, 0.1) is 0 Å². The number of hydrogen-bond acceptors (Lipinski definition) is 8. The minimum Gasteiger partial charge on any atom is -0.459 e. The third-order valence-electron chi connectivity index (χ3n) is 4.80. The average Bonchev–Trinajstić information content (AvgIpc) is 2.94. The molecule has 2 heterocycles. The summed E-state index contributed by atoms with van der Waals surface area (Å²) in [6.07, 6.45) is -3.57. The summed E-state index contributed by atoms with van der Waals surface area (Å²) in [7, 11) is -1.77. The molecule has 4 N–H and O–H groups in total. The summed E-state index contributed by atoms with van der Waals surface area (Å²) in [6.45, 7) is 6.11. The first-order valence-electron chi connectivity index (χ1n) is 9.22. The molecule has 2 aromatic rings. The molecule has 0 amide bonds. The van der Waals surface area contributed by atoms with Crippen molar-refractivity contribution >= 4 is 25.0 Å². The Labute approximate surface area is 168 Å². The van der Waals surface area contributed by atoms with Crippen LogP contribution in [0.5, 0.6) is 0 Å². The Bertz CT molecular complexity index is 957. The molecule has 1 aliphatic heterocycles. The lowest BCUT2D eigenvalue weighted by Gasteiger charge is -2.21. The molecule has 156 valence electrons. The highest BCUT2D eigenvalue weighted by Crippen LogP contribution is 2.28. The van der Waals surface area contributed by atoms with Gasteiger partial charge in [-0.25, -0.2) is 9.59 Å². The van der Waals surface area contributed by atoms with Crippen LogP contribution >= 0.6 is 0 Å². The molecule has 1 aliphatic rings. The minimum atomic E-state index is -1.77. The van der Waals surface area contributed by atoms with Crippen LogP contribution in [0.2, 0.25) is 19.6 Å². The van der Waals surface area contributed by atoms with Crippen LogP contribution in [0.1, 0.15) is 16.6 Å². The zero-order valence-corrected chi connectivity index (χ0v) is 17.5. The van der Waals surface area contributed by atoms with Gasteiger partial charge in [0.15, 0.2) is 6.23 Å². The van der Waals surface area contributed by atoms with Crippen molar-refractivity contribution < 1.29 is 24.5 Å². The molecule has 4 atom stereocenters. The Morgan fingerprint density at radius 1 is 1.24 bits per heavy atom. The lowest BCUT2D eigenvalue weighted by atomic mass is 10.1. The van der Waals surface area contributed by atoms with Gasteiger partial charge in [0.25, 0.3) is 0 Å². The van der Waals surface area contributed by atoms with Crippen molar-refractivity contribution in [3.05, 3.63) is 52.6 Å². The normalized spacial score (nSPS) is 24.4. The number of benzene rings is 1. The molecule has 1 fully saturated rings. The number of aliphatic hydroxyl groups excluding tert-OH is 2. The molecule has 1 saturated heterocycles. The van der Waals surface area contributed by atoms with E-state index in [-0.39, 0.29) is 12.4 Å². The largest absolute Gasteiger partial charge is 0.459 e. The van der Waals surface area contributed by atoms with Gasteiger partial charge in [0.2, 0.25) is 0 Å². The smallest absolute Gasteiger partial charge is 0.351 e. The first-order chi connectivity index (χ1) is 13.6. The molecule has 0 aliphatic carbocycles. The van der Waals surface area contributed by atoms with E-state index in [2.05, 4.69) is 24.6 Å². The number of aromatic nitrogens is 2. The maximum atomic E-state index is 12.6. The van der Waals surface area contributed by atoms with Crippen molar-refractivity contribution in [1.82, 2.24) is 9.55 Å². The molecular weight excluding hydrogens is 394 g/mol. The molecular formula is C19H25N3O6Si. The van der Waals surface area contributed by atoms with E-state index >= 15 is 0 Å². The van der Waals surface area contributed by atoms with E-state index in [9.17, 15) is 19.8 Å². The summed E-state index contributed by atoms with van der Waals surface area (Å²) in [4.78, 5) is 28.2. The lowest BCUT2D eigenvalue weighted by molar-refractivity contribution is -0.0598. The number of rotatable bonds is 5. The molecule has 0 saturated carbocycles. The van der Waals surface area contributed by atoms with E-state index in [4.69, 9.17) is 15.2 Å². The highest BCUT2D eigenvalue weighted by molar-refractivity contribution is 6.89. The van der Waals surface area contributed by atoms with E-state index in [1.54, 1.807) is 12.1 Å². The summed E-state index contributed by atoms with van der Waals surface area (Å²) < 4.78 is 12.0. The fourth-order valence-corrected chi connectivity index (χ4v) is 4.86. The lowest BCUT2D eigenvalue weighted by Crippen LogP contribution is -2.42. The molecule has 0 bridgehead atoms. The molecule has 29 heavy (non-hydrogen) atoms. The zero-order valence-electron chi connectivity index (χ0n) is 16.5. The van der Waals surface area contributed by atoms with Crippen LogP contribution in [0.25, 0.3) is 0 Å². The summed E-state index contributed by atoms with van der Waals surface area (Å²) in [5.41, 5.74) is 5.22. The predicted octanol–water partition coefficient (Wildman–Crippen LogP) is -0.153. The monoisotopic (exact) mass is 419 g/mol. The predicted molar refractivity (Wildman–Crippen MR) is 109 cm³/mol. The number of esters is 1. The third-order valence-corrected chi connectivity index (χ3v) is 6.85. The number of aliphatic hydroxyl groups is 2. The fourth-order valence-electron chi connectivity index (χ4n) is 3.27. The Morgan fingerprint density at radius 2 is 1.93 bits per heavy atom. The second-order valence-electron chi connectivity index (χ2n) is 7.98. The molecule has 0 spiro atoms. The standard InChI is InChI=1S/C19H25N3O6Si/c1-29(2,3)13-7-5-4-6-11(13)18(25)27-10-12-15(23)16(24)17(28-12)22-9-8-14(20)21-19(22)26/h4-9,12,15-17,23-24H,10H2,1-3H3,(H2,20,21,26)/t12-,15-,16-,17-/m1/s1. The number of nitrogens with two attached hydrogens (primary N) is 1. The van der Waals surface area contributed by atoms with Gasteiger partial charge in [-0.1, -0.05) is 37.8 Å². The van der Waals surface area contributed by atoms with E-state index in [1.165, 1.54) is 12.3 Å². The first-order valence-corrected chi connectivity index (χ1v) is 12.7. The van der Waals surface area contributed by atoms with Crippen molar-refractivity contribution in [3.63, 3.8) is 0 Å². The summed E-state index contributed by atoms with van der Waals surface area (Å²) in [6, 6.07) is 8.66. The second-order valence-corrected chi connectivity index (χ2v) is 13.0. The van der Waals surface area contributed by atoms with Gasteiger partial charge >= 0.3 is 11.7 Å². The van der Waals surface area contributed by atoms with E-state index < -0.39 is 44.3 Å². The van der Waals surface area contributed by atoms with Crippen LogP contribution in [-0.4, -0.2) is 58.7 Å². The maximum absolute atomic E-state index is 12.6. The van der Waals surface area contributed by atoms with E-state index in [0.717, 1.165) is 9.75 Å².